The predicted molar refractivity (Wildman–Crippen MR) is 70.7 cm³/mol. The third-order valence-corrected chi connectivity index (χ3v) is 3.34. The van der Waals surface area contributed by atoms with Crippen molar-refractivity contribution in [3.8, 4) is 0 Å². The largest absolute Gasteiger partial charge is 0.353 e. The van der Waals surface area contributed by atoms with E-state index in [-0.39, 0.29) is 5.75 Å². The van der Waals surface area contributed by atoms with Crippen LogP contribution in [-0.2, 0) is 22.9 Å². The fourth-order valence-electron chi connectivity index (χ4n) is 1.51. The molecule has 1 heterocycles. The first-order valence-electron chi connectivity index (χ1n) is 5.90. The van der Waals surface area contributed by atoms with E-state index in [4.69, 9.17) is 0 Å². The summed E-state index contributed by atoms with van der Waals surface area (Å²) >= 11 is 0. The zero-order valence-corrected chi connectivity index (χ0v) is 11.6. The molecule has 0 aliphatic heterocycles. The van der Waals surface area contributed by atoms with Crippen molar-refractivity contribution in [1.82, 2.24) is 9.88 Å². The van der Waals surface area contributed by atoms with E-state index in [1.165, 1.54) is 11.8 Å². The van der Waals surface area contributed by atoms with Crippen molar-refractivity contribution in [1.29, 1.82) is 0 Å². The van der Waals surface area contributed by atoms with Gasteiger partial charge in [-0.05, 0) is 24.1 Å². The second-order valence-corrected chi connectivity index (χ2v) is 7.17. The van der Waals surface area contributed by atoms with Crippen LogP contribution in [0.1, 0.15) is 19.4 Å². The molecule has 4 nitrogen and oxygen atoms in total. The molecule has 1 N–H and O–H groups in total. The van der Waals surface area contributed by atoms with Gasteiger partial charge in [-0.2, -0.15) is 0 Å². The second-order valence-electron chi connectivity index (χ2n) is 4.91. The Morgan fingerprint density at radius 1 is 1.41 bits per heavy atom. The first-order valence-corrected chi connectivity index (χ1v) is 7.96. The Labute approximate surface area is 104 Å². The zero-order chi connectivity index (χ0) is 12.9. The Balaban J connectivity index is 2.37. The molecule has 0 fully saturated rings. The van der Waals surface area contributed by atoms with E-state index in [1.54, 1.807) is 0 Å². The topological polar surface area (TPSA) is 51.1 Å². The number of rotatable bonds is 7. The highest BCUT2D eigenvalue weighted by Crippen LogP contribution is 2.02. The molecule has 0 amide bonds. The number of aromatic nitrogens is 1. The average molecular weight is 258 g/mol. The lowest BCUT2D eigenvalue weighted by atomic mass is 10.2. The summed E-state index contributed by atoms with van der Waals surface area (Å²) in [5.41, 5.74) is 1.19. The Kier molecular flexibility index (Phi) is 5.21. The van der Waals surface area contributed by atoms with Crippen molar-refractivity contribution in [2.75, 3.05) is 18.6 Å². The smallest absolute Gasteiger partial charge is 0.149 e. The molecule has 1 aromatic rings. The molecule has 0 spiro atoms. The van der Waals surface area contributed by atoms with Crippen LogP contribution in [0.2, 0.25) is 0 Å². The van der Waals surface area contributed by atoms with E-state index >= 15 is 0 Å². The molecular weight excluding hydrogens is 236 g/mol. The van der Waals surface area contributed by atoms with Gasteiger partial charge in [-0.25, -0.2) is 8.42 Å². The second kappa shape index (κ2) is 6.21. The van der Waals surface area contributed by atoms with E-state index in [0.717, 1.165) is 13.1 Å². The van der Waals surface area contributed by atoms with Crippen LogP contribution < -0.4 is 5.32 Å². The summed E-state index contributed by atoms with van der Waals surface area (Å²) in [6.45, 7) is 6.70. The number of nitrogens with one attached hydrogen (secondary N) is 1. The van der Waals surface area contributed by atoms with Gasteiger partial charge in [0, 0.05) is 31.7 Å². The molecule has 0 atom stereocenters. The van der Waals surface area contributed by atoms with Gasteiger partial charge < -0.3 is 9.88 Å². The van der Waals surface area contributed by atoms with E-state index < -0.39 is 9.84 Å². The van der Waals surface area contributed by atoms with Gasteiger partial charge in [0.15, 0.2) is 0 Å². The number of hydrogen-bond donors (Lipinski definition) is 1. The minimum atomic E-state index is -2.88. The molecular formula is C12H22N2O2S. The van der Waals surface area contributed by atoms with Gasteiger partial charge in [0.1, 0.15) is 9.84 Å². The third kappa shape index (κ3) is 6.48. The first-order chi connectivity index (χ1) is 7.87. The summed E-state index contributed by atoms with van der Waals surface area (Å²) in [5, 5.41) is 3.36. The molecule has 0 radical (unpaired) electrons. The molecule has 0 bridgehead atoms. The first kappa shape index (κ1) is 14.3. The van der Waals surface area contributed by atoms with Crippen LogP contribution in [0.25, 0.3) is 0 Å². The van der Waals surface area contributed by atoms with Crippen LogP contribution in [0.5, 0.6) is 0 Å². The SMILES string of the molecule is CC(C)CNCc1ccn(CCS(C)(=O)=O)c1. The molecule has 0 saturated heterocycles. The highest BCUT2D eigenvalue weighted by atomic mass is 32.2. The monoisotopic (exact) mass is 258 g/mol. The van der Waals surface area contributed by atoms with Crippen LogP contribution in [0.3, 0.4) is 0 Å². The Bertz CT molecular complexity index is 435. The molecule has 0 aromatic carbocycles. The summed E-state index contributed by atoms with van der Waals surface area (Å²) in [4.78, 5) is 0. The summed E-state index contributed by atoms with van der Waals surface area (Å²) in [6, 6.07) is 2.02. The van der Waals surface area contributed by atoms with Crippen molar-refractivity contribution in [3.63, 3.8) is 0 Å². The molecule has 0 aliphatic rings. The lowest BCUT2D eigenvalue weighted by Crippen LogP contribution is -2.18. The standard InChI is InChI=1S/C12H22N2O2S/c1-11(2)8-13-9-12-4-5-14(10-12)6-7-17(3,15)16/h4-5,10-11,13H,6-9H2,1-3H3. The van der Waals surface area contributed by atoms with Crippen molar-refractivity contribution in [2.24, 2.45) is 5.92 Å². The quantitative estimate of drug-likeness (QED) is 0.801. The number of sulfone groups is 1. The summed E-state index contributed by atoms with van der Waals surface area (Å²) in [5.74, 6) is 0.836. The molecule has 17 heavy (non-hydrogen) atoms. The molecule has 1 aromatic heterocycles. The van der Waals surface area contributed by atoms with Crippen molar-refractivity contribution < 1.29 is 8.42 Å². The highest BCUT2D eigenvalue weighted by Gasteiger charge is 2.03. The van der Waals surface area contributed by atoms with E-state index in [0.29, 0.717) is 12.5 Å². The fourth-order valence-corrected chi connectivity index (χ4v) is 2.05. The van der Waals surface area contributed by atoms with Gasteiger partial charge in [-0.3, -0.25) is 0 Å². The summed E-state index contributed by atoms with van der Waals surface area (Å²) in [7, 11) is -2.88. The third-order valence-electron chi connectivity index (χ3n) is 2.41. The Morgan fingerprint density at radius 2 is 2.12 bits per heavy atom. The Morgan fingerprint density at radius 3 is 2.71 bits per heavy atom. The maximum atomic E-state index is 11.0. The molecule has 1 rings (SSSR count). The zero-order valence-electron chi connectivity index (χ0n) is 10.8. The van der Waals surface area contributed by atoms with Crippen molar-refractivity contribution in [2.45, 2.75) is 26.9 Å². The molecule has 98 valence electrons. The van der Waals surface area contributed by atoms with Gasteiger partial charge in [0.2, 0.25) is 0 Å². The normalized spacial score (nSPS) is 12.2. The van der Waals surface area contributed by atoms with Gasteiger partial charge in [0.25, 0.3) is 0 Å². The fraction of sp³-hybridized carbons (Fsp3) is 0.667. The number of aryl methyl sites for hydroxylation is 1. The van der Waals surface area contributed by atoms with Crippen molar-refractivity contribution in [3.05, 3.63) is 24.0 Å². The molecule has 5 heteroatoms. The van der Waals surface area contributed by atoms with Crippen molar-refractivity contribution >= 4 is 9.84 Å². The van der Waals surface area contributed by atoms with Crippen LogP contribution >= 0.6 is 0 Å². The van der Waals surface area contributed by atoms with Crippen LogP contribution in [0.15, 0.2) is 18.5 Å². The average Bonchev–Trinajstić information content (AvgIpc) is 2.61. The van der Waals surface area contributed by atoms with E-state index in [2.05, 4.69) is 19.2 Å². The lowest BCUT2D eigenvalue weighted by molar-refractivity contribution is 0.552. The van der Waals surface area contributed by atoms with Crippen LogP contribution in [0.4, 0.5) is 0 Å². The predicted octanol–water partition coefficient (Wildman–Crippen LogP) is 1.28. The van der Waals surface area contributed by atoms with Crippen LogP contribution in [-0.4, -0.2) is 31.5 Å². The maximum Gasteiger partial charge on any atom is 0.149 e. The minimum absolute atomic E-state index is 0.195. The molecule has 0 aliphatic carbocycles. The van der Waals surface area contributed by atoms with Crippen LogP contribution in [0, 0.1) is 5.92 Å². The Hall–Kier alpha value is -0.810. The maximum absolute atomic E-state index is 11.0. The minimum Gasteiger partial charge on any atom is -0.353 e. The lowest BCUT2D eigenvalue weighted by Gasteiger charge is -2.05. The number of hydrogen-bond acceptors (Lipinski definition) is 3. The van der Waals surface area contributed by atoms with Gasteiger partial charge in [-0.15, -0.1) is 0 Å². The molecule has 0 unspecified atom stereocenters. The van der Waals surface area contributed by atoms with Gasteiger partial charge >= 0.3 is 0 Å². The summed E-state index contributed by atoms with van der Waals surface area (Å²) in [6.07, 6.45) is 5.19. The molecule has 0 saturated carbocycles. The number of nitrogens with zero attached hydrogens (tertiary/aromatic N) is 1. The van der Waals surface area contributed by atoms with E-state index in [9.17, 15) is 8.42 Å². The van der Waals surface area contributed by atoms with Gasteiger partial charge in [0.05, 0.1) is 5.75 Å². The highest BCUT2D eigenvalue weighted by molar-refractivity contribution is 7.90. The summed E-state index contributed by atoms with van der Waals surface area (Å²) < 4.78 is 24.0. The van der Waals surface area contributed by atoms with Gasteiger partial charge in [-0.1, -0.05) is 13.8 Å². The van der Waals surface area contributed by atoms with E-state index in [1.807, 2.05) is 23.0 Å².